The van der Waals surface area contributed by atoms with Crippen molar-refractivity contribution in [3.05, 3.63) is 40.8 Å². The van der Waals surface area contributed by atoms with Crippen LogP contribution in [0.5, 0.6) is 0 Å². The summed E-state index contributed by atoms with van der Waals surface area (Å²) in [5.41, 5.74) is 2.74. The number of piperidine rings is 1. The van der Waals surface area contributed by atoms with Crippen LogP contribution in [0, 0.1) is 0 Å². The third-order valence-electron chi connectivity index (χ3n) is 4.80. The van der Waals surface area contributed by atoms with Crippen LogP contribution in [0.25, 0.3) is 16.7 Å². The maximum absolute atomic E-state index is 4.75. The van der Waals surface area contributed by atoms with Crippen LogP contribution in [0.4, 0.5) is 11.9 Å². The summed E-state index contributed by atoms with van der Waals surface area (Å²) in [6, 6.07) is 8.00. The Balaban J connectivity index is 1.47. The Morgan fingerprint density at radius 1 is 1.07 bits per heavy atom. The fourth-order valence-corrected chi connectivity index (χ4v) is 3.79. The highest BCUT2D eigenvalue weighted by Crippen LogP contribution is 2.23. The molecule has 1 aromatic carbocycles. The van der Waals surface area contributed by atoms with Crippen LogP contribution >= 0.6 is 15.9 Å². The van der Waals surface area contributed by atoms with E-state index in [0.29, 0.717) is 12.5 Å². The summed E-state index contributed by atoms with van der Waals surface area (Å²) < 4.78 is 2.58. The van der Waals surface area contributed by atoms with Gasteiger partial charge in [0.1, 0.15) is 5.82 Å². The number of imidazole rings is 1. The molecule has 4 heterocycles. The first-order valence-electron chi connectivity index (χ1n) is 9.12. The van der Waals surface area contributed by atoms with Gasteiger partial charge < -0.3 is 15.2 Å². The second kappa shape index (κ2) is 6.80. The number of aromatic nitrogens is 6. The lowest BCUT2D eigenvalue weighted by Crippen LogP contribution is -2.31. The third kappa shape index (κ3) is 3.12. The summed E-state index contributed by atoms with van der Waals surface area (Å²) in [5, 5.41) is 7.76. The minimum Gasteiger partial charge on any atom is -0.347 e. The molecule has 0 spiro atoms. The molecule has 0 unspecified atom stereocenters. The predicted octanol–water partition coefficient (Wildman–Crippen LogP) is 3.37. The van der Waals surface area contributed by atoms with Gasteiger partial charge in [-0.05, 0) is 47.3 Å². The predicted molar refractivity (Wildman–Crippen MR) is 108 cm³/mol. The molecule has 8 nitrogen and oxygen atoms in total. The minimum atomic E-state index is 0.526. The van der Waals surface area contributed by atoms with Gasteiger partial charge in [0.05, 0.1) is 28.2 Å². The van der Waals surface area contributed by atoms with Crippen LogP contribution in [0.1, 0.15) is 25.1 Å². The maximum atomic E-state index is 4.75. The largest absolute Gasteiger partial charge is 0.347 e. The Labute approximate surface area is 164 Å². The van der Waals surface area contributed by atoms with E-state index >= 15 is 0 Å². The summed E-state index contributed by atoms with van der Waals surface area (Å²) in [7, 11) is 0. The van der Waals surface area contributed by atoms with Crippen molar-refractivity contribution in [1.82, 2.24) is 29.5 Å². The minimum absolute atomic E-state index is 0.526. The number of hydrogen-bond acceptors (Lipinski definition) is 6. The monoisotopic (exact) mass is 426 g/mol. The molecule has 0 saturated carbocycles. The zero-order valence-electron chi connectivity index (χ0n) is 14.7. The van der Waals surface area contributed by atoms with Crippen molar-refractivity contribution in [1.29, 1.82) is 0 Å². The maximum Gasteiger partial charge on any atom is 0.230 e. The zero-order chi connectivity index (χ0) is 18.2. The molecule has 1 aliphatic rings. The normalized spacial score (nSPS) is 14.9. The van der Waals surface area contributed by atoms with E-state index in [9.17, 15) is 0 Å². The Hall–Kier alpha value is -2.68. The van der Waals surface area contributed by atoms with Crippen molar-refractivity contribution in [3.63, 3.8) is 0 Å². The fourth-order valence-electron chi connectivity index (χ4n) is 3.44. The number of fused-ring (bicyclic) bond motifs is 2. The molecule has 27 heavy (non-hydrogen) atoms. The molecular formula is C18H19BrN8. The standard InChI is InChI=1S/C18H19BrN8/c19-12-10-21-27-16(12)24-18(26-8-4-1-5-9-26)25-17(27)20-11-15-22-13-6-2-3-7-14(13)23-15/h2-3,6-7,10H,1,4-5,8-9,11H2,(H,22,23)(H,20,24,25). The summed E-state index contributed by atoms with van der Waals surface area (Å²) in [6.07, 6.45) is 5.37. The highest BCUT2D eigenvalue weighted by Gasteiger charge is 2.18. The Kier molecular flexibility index (Phi) is 4.16. The van der Waals surface area contributed by atoms with E-state index in [2.05, 4.69) is 41.2 Å². The van der Waals surface area contributed by atoms with Crippen molar-refractivity contribution < 1.29 is 0 Å². The van der Waals surface area contributed by atoms with Gasteiger partial charge in [0.2, 0.25) is 11.9 Å². The summed E-state index contributed by atoms with van der Waals surface area (Å²) in [4.78, 5) is 19.7. The molecular weight excluding hydrogens is 408 g/mol. The van der Waals surface area contributed by atoms with Gasteiger partial charge in [-0.3, -0.25) is 0 Å². The average Bonchev–Trinajstić information content (AvgIpc) is 3.30. The number of aromatic amines is 1. The highest BCUT2D eigenvalue weighted by molar-refractivity contribution is 9.10. The van der Waals surface area contributed by atoms with E-state index < -0.39 is 0 Å². The quantitative estimate of drug-likeness (QED) is 0.520. The van der Waals surface area contributed by atoms with E-state index in [1.54, 1.807) is 10.7 Å². The van der Waals surface area contributed by atoms with Gasteiger partial charge in [0.15, 0.2) is 5.65 Å². The lowest BCUT2D eigenvalue weighted by atomic mass is 10.1. The number of H-pyrrole nitrogens is 1. The first-order chi connectivity index (χ1) is 13.3. The van der Waals surface area contributed by atoms with Gasteiger partial charge in [-0.25, -0.2) is 4.98 Å². The van der Waals surface area contributed by atoms with Gasteiger partial charge in [0, 0.05) is 13.1 Å². The van der Waals surface area contributed by atoms with Crippen molar-refractivity contribution in [2.45, 2.75) is 25.8 Å². The van der Waals surface area contributed by atoms with E-state index in [1.165, 1.54) is 19.3 Å². The number of anilines is 2. The average molecular weight is 427 g/mol. The molecule has 5 rings (SSSR count). The molecule has 2 N–H and O–H groups in total. The number of benzene rings is 1. The molecule has 0 atom stereocenters. The van der Waals surface area contributed by atoms with E-state index in [-0.39, 0.29) is 0 Å². The van der Waals surface area contributed by atoms with Crippen LogP contribution in [-0.4, -0.2) is 42.6 Å². The summed E-state index contributed by atoms with van der Waals surface area (Å²) in [6.45, 7) is 2.51. The molecule has 0 amide bonds. The molecule has 1 saturated heterocycles. The number of hydrogen-bond donors (Lipinski definition) is 2. The van der Waals surface area contributed by atoms with Crippen LogP contribution in [0.3, 0.4) is 0 Å². The second-order valence-corrected chi connectivity index (χ2v) is 7.53. The third-order valence-corrected chi connectivity index (χ3v) is 5.36. The van der Waals surface area contributed by atoms with Gasteiger partial charge in [0.25, 0.3) is 0 Å². The number of halogens is 1. The topological polar surface area (TPSA) is 87.0 Å². The lowest BCUT2D eigenvalue weighted by molar-refractivity contribution is 0.567. The molecule has 3 aromatic heterocycles. The van der Waals surface area contributed by atoms with Gasteiger partial charge in [-0.1, -0.05) is 12.1 Å². The molecule has 4 aromatic rings. The lowest BCUT2D eigenvalue weighted by Gasteiger charge is -2.26. The number of para-hydroxylation sites is 2. The SMILES string of the molecule is Brc1cnn2c(NCc3nc4ccccc4[nH]3)nc(N3CCCCC3)nc12. The molecule has 0 aliphatic carbocycles. The molecule has 9 heteroatoms. The van der Waals surface area contributed by atoms with Crippen molar-refractivity contribution in [2.24, 2.45) is 0 Å². The van der Waals surface area contributed by atoms with E-state index in [4.69, 9.17) is 9.97 Å². The van der Waals surface area contributed by atoms with E-state index in [1.807, 2.05) is 24.3 Å². The van der Waals surface area contributed by atoms with Gasteiger partial charge in [-0.2, -0.15) is 19.6 Å². The number of nitrogens with one attached hydrogen (secondary N) is 2. The van der Waals surface area contributed by atoms with E-state index in [0.717, 1.165) is 46.0 Å². The molecule has 1 fully saturated rings. The first kappa shape index (κ1) is 16.5. The zero-order valence-corrected chi connectivity index (χ0v) is 16.3. The van der Waals surface area contributed by atoms with Crippen molar-refractivity contribution in [3.8, 4) is 0 Å². The van der Waals surface area contributed by atoms with Crippen molar-refractivity contribution >= 4 is 44.5 Å². The van der Waals surface area contributed by atoms with Crippen molar-refractivity contribution in [2.75, 3.05) is 23.3 Å². The molecule has 0 bridgehead atoms. The Bertz CT molecular complexity index is 1060. The van der Waals surface area contributed by atoms with Gasteiger partial charge >= 0.3 is 0 Å². The van der Waals surface area contributed by atoms with Gasteiger partial charge in [-0.15, -0.1) is 0 Å². The van der Waals surface area contributed by atoms with Crippen LogP contribution < -0.4 is 10.2 Å². The first-order valence-corrected chi connectivity index (χ1v) is 9.91. The Morgan fingerprint density at radius 2 is 1.93 bits per heavy atom. The summed E-state index contributed by atoms with van der Waals surface area (Å²) >= 11 is 3.54. The Morgan fingerprint density at radius 3 is 2.78 bits per heavy atom. The fraction of sp³-hybridized carbons (Fsp3) is 0.333. The van der Waals surface area contributed by atoms with Crippen LogP contribution in [0.15, 0.2) is 34.9 Å². The van der Waals surface area contributed by atoms with Crippen LogP contribution in [-0.2, 0) is 6.54 Å². The molecule has 0 radical (unpaired) electrons. The number of rotatable bonds is 4. The highest BCUT2D eigenvalue weighted by atomic mass is 79.9. The van der Waals surface area contributed by atoms with Crippen LogP contribution in [0.2, 0.25) is 0 Å². The smallest absolute Gasteiger partial charge is 0.230 e. The second-order valence-electron chi connectivity index (χ2n) is 6.68. The molecule has 138 valence electrons. The summed E-state index contributed by atoms with van der Waals surface area (Å²) in [5.74, 6) is 2.26. The number of nitrogens with zero attached hydrogens (tertiary/aromatic N) is 6. The molecule has 1 aliphatic heterocycles.